The molecule has 0 aromatic heterocycles. The molecule has 1 saturated heterocycles. The van der Waals surface area contributed by atoms with Gasteiger partial charge in [0.05, 0.1) is 16.1 Å². The molecule has 0 saturated carbocycles. The third-order valence-corrected chi connectivity index (χ3v) is 8.23. The summed E-state index contributed by atoms with van der Waals surface area (Å²) in [5, 5.41) is 27.6. The minimum absolute atomic E-state index is 0.0922. The molecular formula is C28H33Cl2F2N3O4. The number of amides is 2. The summed E-state index contributed by atoms with van der Waals surface area (Å²) in [7, 11) is 0. The zero-order chi connectivity index (χ0) is 28.7. The number of nitrogens with one attached hydrogen (secondary N) is 3. The summed E-state index contributed by atoms with van der Waals surface area (Å²) in [6.07, 6.45) is 0.724. The number of aliphatic hydroxyl groups excluding tert-OH is 2. The molecule has 2 aromatic carbocycles. The zero-order valence-corrected chi connectivity index (χ0v) is 23.5. The van der Waals surface area contributed by atoms with Gasteiger partial charge in [0.15, 0.2) is 0 Å². The summed E-state index contributed by atoms with van der Waals surface area (Å²) in [5.74, 6) is -3.53. The van der Waals surface area contributed by atoms with Crippen molar-refractivity contribution in [3.05, 3.63) is 63.1 Å². The van der Waals surface area contributed by atoms with Gasteiger partial charge in [-0.05, 0) is 53.6 Å². The first-order chi connectivity index (χ1) is 18.3. The number of carbonyl (C=O) groups is 2. The summed E-state index contributed by atoms with van der Waals surface area (Å²) in [6.45, 7) is 5.70. The van der Waals surface area contributed by atoms with Crippen molar-refractivity contribution in [3.8, 4) is 0 Å². The lowest BCUT2D eigenvalue weighted by Gasteiger charge is -2.37. The van der Waals surface area contributed by atoms with Crippen molar-refractivity contribution in [2.75, 3.05) is 25.1 Å². The van der Waals surface area contributed by atoms with Crippen LogP contribution < -0.4 is 16.0 Å². The van der Waals surface area contributed by atoms with Gasteiger partial charge in [-0.1, -0.05) is 50.0 Å². The van der Waals surface area contributed by atoms with E-state index >= 15 is 0 Å². The van der Waals surface area contributed by atoms with Crippen molar-refractivity contribution in [1.82, 2.24) is 10.6 Å². The molecule has 4 rings (SSSR count). The van der Waals surface area contributed by atoms with E-state index in [9.17, 15) is 28.6 Å². The van der Waals surface area contributed by atoms with Crippen molar-refractivity contribution >= 4 is 40.7 Å². The van der Waals surface area contributed by atoms with Gasteiger partial charge in [0.1, 0.15) is 17.0 Å². The molecule has 2 aliphatic rings. The van der Waals surface area contributed by atoms with Gasteiger partial charge in [0, 0.05) is 43.3 Å². The van der Waals surface area contributed by atoms with Crippen molar-refractivity contribution in [2.45, 2.75) is 57.0 Å². The van der Waals surface area contributed by atoms with Crippen LogP contribution in [0.2, 0.25) is 10.0 Å². The fourth-order valence-corrected chi connectivity index (χ4v) is 6.29. The van der Waals surface area contributed by atoms with Crippen molar-refractivity contribution in [3.63, 3.8) is 0 Å². The van der Waals surface area contributed by atoms with Gasteiger partial charge < -0.3 is 26.2 Å². The molecule has 0 bridgehead atoms. The lowest BCUT2D eigenvalue weighted by atomic mass is 9.62. The molecule has 11 heteroatoms. The zero-order valence-electron chi connectivity index (χ0n) is 22.0. The highest BCUT2D eigenvalue weighted by Gasteiger charge is 2.66. The molecule has 5 atom stereocenters. The number of fused-ring (bicyclic) bond motifs is 2. The van der Waals surface area contributed by atoms with E-state index in [1.807, 2.05) is 20.8 Å². The average molecular weight is 584 g/mol. The maximum atomic E-state index is 14.9. The third kappa shape index (κ3) is 5.52. The summed E-state index contributed by atoms with van der Waals surface area (Å²) in [4.78, 5) is 27.8. The minimum atomic E-state index is -1.46. The highest BCUT2D eigenvalue weighted by atomic mass is 35.5. The predicted octanol–water partition coefficient (Wildman–Crippen LogP) is 4.13. The first kappa shape index (κ1) is 29.7. The first-order valence-electron chi connectivity index (χ1n) is 12.8. The Hall–Kier alpha value is -2.30. The van der Waals surface area contributed by atoms with Crippen LogP contribution in [0.5, 0.6) is 0 Å². The molecule has 39 heavy (non-hydrogen) atoms. The predicted molar refractivity (Wildman–Crippen MR) is 146 cm³/mol. The molecule has 5 N–H and O–H groups in total. The van der Waals surface area contributed by atoms with E-state index in [1.165, 1.54) is 30.3 Å². The Kier molecular flexibility index (Phi) is 8.59. The number of benzene rings is 2. The smallest absolute Gasteiger partial charge is 0.237 e. The van der Waals surface area contributed by atoms with Crippen LogP contribution in [0.4, 0.5) is 14.5 Å². The monoisotopic (exact) mass is 583 g/mol. The summed E-state index contributed by atoms with van der Waals surface area (Å²) in [6, 6.07) is 5.01. The molecule has 2 amide bonds. The summed E-state index contributed by atoms with van der Waals surface area (Å²) >= 11 is 12.2. The minimum Gasteiger partial charge on any atom is -0.396 e. The van der Waals surface area contributed by atoms with E-state index in [0.29, 0.717) is 23.2 Å². The molecule has 7 nitrogen and oxygen atoms in total. The van der Waals surface area contributed by atoms with E-state index in [1.54, 1.807) is 0 Å². The number of anilines is 1. The van der Waals surface area contributed by atoms with Gasteiger partial charge in [-0.3, -0.25) is 9.59 Å². The highest BCUT2D eigenvalue weighted by Crippen LogP contribution is 2.57. The molecule has 2 aliphatic heterocycles. The van der Waals surface area contributed by atoms with Gasteiger partial charge in [-0.15, -0.1) is 0 Å². The fourth-order valence-electron chi connectivity index (χ4n) is 5.94. The summed E-state index contributed by atoms with van der Waals surface area (Å²) < 4.78 is 29.2. The Bertz CT molecular complexity index is 1270. The molecule has 1 fully saturated rings. The van der Waals surface area contributed by atoms with Gasteiger partial charge >= 0.3 is 0 Å². The number of carbonyl (C=O) groups excluding carboxylic acids is 2. The second kappa shape index (κ2) is 11.3. The standard InChI is InChI=1S/C28H33Cl2F2N3O4/c1-27(2,3)11-22-28(16-9-20(32)18(30)10-21(16)34-26(28)39)23(15-4-5-19(31)17(29)8-15)24(35-22)25(38)33-12-14(13-37)6-7-36/h4-5,8-10,14,22-24,35-37H,6-7,11-13H2,1-3H3,(H,33,38)(H,34,39)/t14-,22+,23-,24+,28-/m0/s1. The number of hydrogen-bond donors (Lipinski definition) is 5. The van der Waals surface area contributed by atoms with Crippen molar-refractivity contribution in [1.29, 1.82) is 0 Å². The highest BCUT2D eigenvalue weighted by molar-refractivity contribution is 6.31. The maximum Gasteiger partial charge on any atom is 0.237 e. The van der Waals surface area contributed by atoms with Gasteiger partial charge in [-0.25, -0.2) is 8.78 Å². The van der Waals surface area contributed by atoms with Crippen LogP contribution in [-0.2, 0) is 15.0 Å². The lowest BCUT2D eigenvalue weighted by Crippen LogP contribution is -2.49. The number of halogens is 4. The van der Waals surface area contributed by atoms with Crippen LogP contribution in [-0.4, -0.2) is 53.9 Å². The van der Waals surface area contributed by atoms with Gasteiger partial charge in [0.2, 0.25) is 11.8 Å². The fraction of sp³-hybridized carbons (Fsp3) is 0.500. The Morgan fingerprint density at radius 2 is 1.82 bits per heavy atom. The maximum absolute atomic E-state index is 14.9. The number of aliphatic hydroxyl groups is 2. The van der Waals surface area contributed by atoms with E-state index < -0.39 is 46.9 Å². The topological polar surface area (TPSA) is 111 Å². The van der Waals surface area contributed by atoms with Gasteiger partial charge in [0.25, 0.3) is 0 Å². The van der Waals surface area contributed by atoms with E-state index in [0.717, 1.165) is 0 Å². The Labute approximate surface area is 236 Å². The quantitative estimate of drug-likeness (QED) is 0.321. The third-order valence-electron chi connectivity index (χ3n) is 7.65. The van der Waals surface area contributed by atoms with E-state index in [2.05, 4.69) is 16.0 Å². The SMILES string of the molecule is CC(C)(C)C[C@H]1N[C@@H](C(=O)NC[C@@H](CO)CCO)[C@H](c2ccc(F)c(Cl)c2)[C@@]12C(=O)Nc1cc(Cl)c(F)cc12. The largest absolute Gasteiger partial charge is 0.396 e. The van der Waals surface area contributed by atoms with Crippen LogP contribution in [0.1, 0.15) is 50.7 Å². The van der Waals surface area contributed by atoms with Gasteiger partial charge in [-0.2, -0.15) is 0 Å². The molecule has 0 radical (unpaired) electrons. The lowest BCUT2D eigenvalue weighted by molar-refractivity contribution is -0.124. The molecule has 212 valence electrons. The molecule has 1 spiro atoms. The van der Waals surface area contributed by atoms with Crippen LogP contribution in [0.25, 0.3) is 0 Å². The van der Waals surface area contributed by atoms with Crippen molar-refractivity contribution in [2.24, 2.45) is 11.3 Å². The Balaban J connectivity index is 1.90. The Morgan fingerprint density at radius 1 is 1.13 bits per heavy atom. The second-order valence-electron chi connectivity index (χ2n) is 11.6. The molecule has 0 unspecified atom stereocenters. The normalized spacial score (nSPS) is 25.1. The van der Waals surface area contributed by atoms with Crippen LogP contribution in [0.3, 0.4) is 0 Å². The summed E-state index contributed by atoms with van der Waals surface area (Å²) in [5.41, 5.74) is -0.644. The number of hydrogen-bond acceptors (Lipinski definition) is 5. The molecule has 0 aliphatic carbocycles. The van der Waals surface area contributed by atoms with E-state index in [-0.39, 0.29) is 47.6 Å². The molecule has 2 aromatic rings. The second-order valence-corrected chi connectivity index (χ2v) is 12.4. The number of rotatable bonds is 8. The van der Waals surface area contributed by atoms with Crippen LogP contribution >= 0.6 is 23.2 Å². The molecular weight excluding hydrogens is 551 g/mol. The average Bonchev–Trinajstić information content (AvgIpc) is 3.33. The van der Waals surface area contributed by atoms with E-state index in [4.69, 9.17) is 23.2 Å². The van der Waals surface area contributed by atoms with Crippen LogP contribution in [0, 0.1) is 23.0 Å². The van der Waals surface area contributed by atoms with Crippen LogP contribution in [0.15, 0.2) is 30.3 Å². The first-order valence-corrected chi connectivity index (χ1v) is 13.6. The Morgan fingerprint density at radius 3 is 2.44 bits per heavy atom. The molecule has 2 heterocycles. The van der Waals surface area contributed by atoms with Crippen molar-refractivity contribution < 1.29 is 28.6 Å².